The first kappa shape index (κ1) is 16.7. The van der Waals surface area contributed by atoms with Crippen molar-refractivity contribution < 1.29 is 14.6 Å². The van der Waals surface area contributed by atoms with Crippen LogP contribution in [0.3, 0.4) is 0 Å². The Kier molecular flexibility index (Phi) is 4.81. The lowest BCUT2D eigenvalue weighted by molar-refractivity contribution is 0.102. The zero-order valence-electron chi connectivity index (χ0n) is 13.2. The summed E-state index contributed by atoms with van der Waals surface area (Å²) in [5.74, 6) is -0.135. The fourth-order valence-corrected chi connectivity index (χ4v) is 2.46. The molecule has 1 aromatic carbocycles. The van der Waals surface area contributed by atoms with Gasteiger partial charge in [-0.1, -0.05) is 11.6 Å². The number of nitrogens with zero attached hydrogens (tertiary/aromatic N) is 2. The Bertz CT molecular complexity index is 914. The fourth-order valence-electron chi connectivity index (χ4n) is 2.23. The molecule has 126 valence electrons. The molecule has 0 atom stereocenters. The number of anilines is 1. The molecule has 0 spiro atoms. The van der Waals surface area contributed by atoms with Crippen molar-refractivity contribution in [1.29, 1.82) is 0 Å². The van der Waals surface area contributed by atoms with Gasteiger partial charge in [-0.05, 0) is 36.4 Å². The van der Waals surface area contributed by atoms with Crippen LogP contribution in [0.1, 0.15) is 10.5 Å². The normalized spacial score (nSPS) is 10.3. The highest BCUT2D eigenvalue weighted by atomic mass is 35.5. The first-order chi connectivity index (χ1) is 12.1. The number of aromatic nitrogens is 2. The molecule has 0 saturated heterocycles. The Hall–Kier alpha value is -3.12. The zero-order valence-corrected chi connectivity index (χ0v) is 14.0. The molecule has 0 radical (unpaired) electrons. The lowest BCUT2D eigenvalue weighted by Crippen LogP contribution is -2.13. The van der Waals surface area contributed by atoms with Gasteiger partial charge < -0.3 is 15.2 Å². The predicted octanol–water partition coefficient (Wildman–Crippen LogP) is 3.76. The number of benzene rings is 1. The van der Waals surface area contributed by atoms with Crippen LogP contribution in [0, 0.1) is 0 Å². The molecule has 2 N–H and O–H groups in total. The number of phenolic OH excluding ortho intramolecular Hbond substituents is 1. The third-order valence-electron chi connectivity index (χ3n) is 3.46. The molecule has 0 aliphatic rings. The lowest BCUT2D eigenvalue weighted by Gasteiger charge is -2.08. The Morgan fingerprint density at radius 3 is 2.68 bits per heavy atom. The van der Waals surface area contributed by atoms with E-state index in [0.717, 1.165) is 0 Å². The van der Waals surface area contributed by atoms with Crippen LogP contribution in [0.15, 0.2) is 54.9 Å². The number of carbonyl (C=O) groups excluding carboxylic acids is 1. The summed E-state index contributed by atoms with van der Waals surface area (Å²) in [6.45, 7) is 0. The predicted molar refractivity (Wildman–Crippen MR) is 95.1 cm³/mol. The van der Waals surface area contributed by atoms with E-state index in [1.165, 1.54) is 19.4 Å². The number of halogens is 1. The highest BCUT2D eigenvalue weighted by Crippen LogP contribution is 2.29. The first-order valence-corrected chi connectivity index (χ1v) is 7.71. The van der Waals surface area contributed by atoms with Crippen molar-refractivity contribution in [2.75, 3.05) is 12.4 Å². The van der Waals surface area contributed by atoms with E-state index in [0.29, 0.717) is 27.7 Å². The molecule has 0 bridgehead atoms. The standard InChI is InChI=1S/C18H14ClN3O3/c1-25-16-7-5-12(9-15(16)23)22-18(24)14-6-4-11(10-21-14)17-13(19)3-2-8-20-17/h2-10,23H,1H3,(H,22,24). The summed E-state index contributed by atoms with van der Waals surface area (Å²) in [6.07, 6.45) is 3.17. The molecule has 6 nitrogen and oxygen atoms in total. The minimum absolute atomic E-state index is 0.0617. The van der Waals surface area contributed by atoms with Crippen LogP contribution in [0.2, 0.25) is 5.02 Å². The second-order valence-electron chi connectivity index (χ2n) is 5.11. The number of aromatic hydroxyl groups is 1. The van der Waals surface area contributed by atoms with Crippen molar-refractivity contribution in [3.63, 3.8) is 0 Å². The third-order valence-corrected chi connectivity index (χ3v) is 3.77. The van der Waals surface area contributed by atoms with Gasteiger partial charge in [-0.2, -0.15) is 0 Å². The maximum Gasteiger partial charge on any atom is 0.274 e. The highest BCUT2D eigenvalue weighted by molar-refractivity contribution is 6.33. The molecule has 0 saturated carbocycles. The molecule has 0 fully saturated rings. The van der Waals surface area contributed by atoms with E-state index in [1.807, 2.05) is 0 Å². The lowest BCUT2D eigenvalue weighted by atomic mass is 10.1. The Balaban J connectivity index is 1.77. The van der Waals surface area contributed by atoms with Crippen LogP contribution < -0.4 is 10.1 Å². The number of phenols is 1. The molecular formula is C18H14ClN3O3. The number of amides is 1. The van der Waals surface area contributed by atoms with Crippen molar-refractivity contribution in [1.82, 2.24) is 9.97 Å². The third kappa shape index (κ3) is 3.70. The first-order valence-electron chi connectivity index (χ1n) is 7.34. The van der Waals surface area contributed by atoms with Crippen molar-refractivity contribution in [2.45, 2.75) is 0 Å². The van der Waals surface area contributed by atoms with E-state index in [4.69, 9.17) is 16.3 Å². The van der Waals surface area contributed by atoms with Crippen LogP contribution in [-0.4, -0.2) is 28.1 Å². The summed E-state index contributed by atoms with van der Waals surface area (Å²) in [5, 5.41) is 12.9. The molecule has 3 rings (SSSR count). The van der Waals surface area contributed by atoms with Gasteiger partial charge in [0.25, 0.3) is 5.91 Å². The van der Waals surface area contributed by atoms with Gasteiger partial charge in [-0.3, -0.25) is 14.8 Å². The Morgan fingerprint density at radius 1 is 1.20 bits per heavy atom. The molecule has 0 aliphatic carbocycles. The number of rotatable bonds is 4. The summed E-state index contributed by atoms with van der Waals surface area (Å²) in [7, 11) is 1.45. The van der Waals surface area contributed by atoms with E-state index < -0.39 is 5.91 Å². The van der Waals surface area contributed by atoms with Gasteiger partial charge in [0.2, 0.25) is 0 Å². The number of nitrogens with one attached hydrogen (secondary N) is 1. The molecule has 3 aromatic rings. The fraction of sp³-hybridized carbons (Fsp3) is 0.0556. The van der Waals surface area contributed by atoms with Crippen LogP contribution in [0.4, 0.5) is 5.69 Å². The second kappa shape index (κ2) is 7.19. The number of methoxy groups -OCH3 is 1. The van der Waals surface area contributed by atoms with Gasteiger partial charge in [0.05, 0.1) is 17.8 Å². The molecule has 25 heavy (non-hydrogen) atoms. The van der Waals surface area contributed by atoms with Gasteiger partial charge in [0.15, 0.2) is 11.5 Å². The van der Waals surface area contributed by atoms with Crippen molar-refractivity contribution in [3.05, 3.63) is 65.6 Å². The van der Waals surface area contributed by atoms with Crippen LogP contribution in [0.25, 0.3) is 11.3 Å². The Morgan fingerprint density at radius 2 is 2.04 bits per heavy atom. The van der Waals surface area contributed by atoms with Crippen molar-refractivity contribution >= 4 is 23.2 Å². The summed E-state index contributed by atoms with van der Waals surface area (Å²) >= 11 is 6.10. The van der Waals surface area contributed by atoms with Gasteiger partial charge in [0, 0.05) is 29.7 Å². The molecular weight excluding hydrogens is 342 g/mol. The van der Waals surface area contributed by atoms with Crippen LogP contribution in [-0.2, 0) is 0 Å². The molecule has 2 aromatic heterocycles. The number of pyridine rings is 2. The summed E-state index contributed by atoms with van der Waals surface area (Å²) in [5.41, 5.74) is 1.97. The second-order valence-corrected chi connectivity index (χ2v) is 5.51. The average Bonchev–Trinajstić information content (AvgIpc) is 2.62. The largest absolute Gasteiger partial charge is 0.504 e. The van der Waals surface area contributed by atoms with Crippen LogP contribution >= 0.6 is 11.6 Å². The number of ether oxygens (including phenoxy) is 1. The summed E-state index contributed by atoms with van der Waals surface area (Å²) < 4.78 is 4.96. The smallest absolute Gasteiger partial charge is 0.274 e. The SMILES string of the molecule is COc1ccc(NC(=O)c2ccc(-c3ncccc3Cl)cn2)cc1O. The number of carbonyl (C=O) groups is 1. The van der Waals surface area contributed by atoms with E-state index in [1.54, 1.807) is 42.6 Å². The van der Waals surface area contributed by atoms with Crippen molar-refractivity contribution in [3.8, 4) is 22.8 Å². The van der Waals surface area contributed by atoms with E-state index >= 15 is 0 Å². The van der Waals surface area contributed by atoms with Gasteiger partial charge in [0.1, 0.15) is 5.69 Å². The number of hydrogen-bond acceptors (Lipinski definition) is 5. The van der Waals surface area contributed by atoms with E-state index in [2.05, 4.69) is 15.3 Å². The highest BCUT2D eigenvalue weighted by Gasteiger charge is 2.11. The average molecular weight is 356 g/mol. The van der Waals surface area contributed by atoms with E-state index in [-0.39, 0.29) is 11.4 Å². The maximum atomic E-state index is 12.3. The minimum atomic E-state index is -0.400. The monoisotopic (exact) mass is 355 g/mol. The van der Waals surface area contributed by atoms with Gasteiger partial charge >= 0.3 is 0 Å². The summed E-state index contributed by atoms with van der Waals surface area (Å²) in [6, 6.07) is 11.4. The summed E-state index contributed by atoms with van der Waals surface area (Å²) in [4.78, 5) is 20.6. The molecule has 2 heterocycles. The Labute approximate surface area is 149 Å². The zero-order chi connectivity index (χ0) is 17.8. The minimum Gasteiger partial charge on any atom is -0.504 e. The van der Waals surface area contributed by atoms with E-state index in [9.17, 15) is 9.90 Å². The van der Waals surface area contributed by atoms with Gasteiger partial charge in [-0.15, -0.1) is 0 Å². The van der Waals surface area contributed by atoms with Crippen LogP contribution in [0.5, 0.6) is 11.5 Å². The molecule has 0 aliphatic heterocycles. The topological polar surface area (TPSA) is 84.3 Å². The molecule has 1 amide bonds. The maximum absolute atomic E-state index is 12.3. The van der Waals surface area contributed by atoms with Gasteiger partial charge in [-0.25, -0.2) is 0 Å². The number of hydrogen-bond donors (Lipinski definition) is 2. The molecule has 7 heteroatoms. The molecule has 0 unspecified atom stereocenters. The van der Waals surface area contributed by atoms with Crippen molar-refractivity contribution in [2.24, 2.45) is 0 Å². The quantitative estimate of drug-likeness (QED) is 0.744.